The van der Waals surface area contributed by atoms with E-state index in [1.807, 2.05) is 0 Å². The Morgan fingerprint density at radius 1 is 1.08 bits per heavy atom. The topological polar surface area (TPSA) is 53.3 Å². The van der Waals surface area contributed by atoms with Crippen molar-refractivity contribution in [3.05, 3.63) is 0 Å². The van der Waals surface area contributed by atoms with Gasteiger partial charge in [0.2, 0.25) is 0 Å². The van der Waals surface area contributed by atoms with Crippen LogP contribution in [0.25, 0.3) is 0 Å². The van der Waals surface area contributed by atoms with Gasteiger partial charge in [-0.05, 0) is 43.7 Å². The summed E-state index contributed by atoms with van der Waals surface area (Å²) in [6.07, 6.45) is 3.70. The maximum atomic E-state index is 5.25. The van der Waals surface area contributed by atoms with Crippen molar-refractivity contribution in [2.45, 2.75) is 19.3 Å². The molecule has 0 unspecified atom stereocenters. The number of hydrogen-bond acceptors (Lipinski definition) is 2. The van der Waals surface area contributed by atoms with Crippen molar-refractivity contribution in [3.8, 4) is 0 Å². The number of thiocarbonyl (C=S) groups is 2. The third kappa shape index (κ3) is 3.73. The zero-order valence-electron chi connectivity index (χ0n) is 7.38. The van der Waals surface area contributed by atoms with Crippen LogP contribution < -0.4 is 16.6 Å². The summed E-state index contributed by atoms with van der Waals surface area (Å²) in [4.78, 5) is 2.12. The van der Waals surface area contributed by atoms with Gasteiger partial charge in [0.25, 0.3) is 0 Å². The van der Waals surface area contributed by atoms with E-state index in [0.29, 0.717) is 5.11 Å². The molecule has 0 aromatic rings. The highest BCUT2D eigenvalue weighted by Gasteiger charge is 2.12. The van der Waals surface area contributed by atoms with E-state index in [2.05, 4.69) is 28.0 Å². The first-order valence-corrected chi connectivity index (χ1v) is 5.12. The Morgan fingerprint density at radius 3 is 2.23 bits per heavy atom. The molecule has 0 saturated carbocycles. The number of rotatable bonds is 0. The molecule has 1 aliphatic rings. The largest absolute Gasteiger partial charge is 0.375 e. The lowest BCUT2D eigenvalue weighted by molar-refractivity contribution is 0.336. The second-order valence-corrected chi connectivity index (χ2v) is 3.79. The number of hydrogen-bond donors (Lipinski definition) is 3. The summed E-state index contributed by atoms with van der Waals surface area (Å²) >= 11 is 9.77. The predicted octanol–water partition coefficient (Wildman–Crippen LogP) is 0.0950. The minimum absolute atomic E-state index is 0.208. The Bertz CT molecular complexity index is 201. The highest BCUT2D eigenvalue weighted by molar-refractivity contribution is 7.80. The SMILES string of the molecule is NC(=S)NNC(=S)N1CCCCC1. The fraction of sp³-hybridized carbons (Fsp3) is 0.714. The molecule has 0 radical (unpaired) electrons. The van der Waals surface area contributed by atoms with Gasteiger partial charge in [0.1, 0.15) is 0 Å². The van der Waals surface area contributed by atoms with Gasteiger partial charge in [-0.2, -0.15) is 0 Å². The third-order valence-corrected chi connectivity index (χ3v) is 2.40. The van der Waals surface area contributed by atoms with Crippen molar-refractivity contribution in [2.24, 2.45) is 5.73 Å². The highest BCUT2D eigenvalue weighted by Crippen LogP contribution is 2.07. The molecule has 0 aromatic heterocycles. The summed E-state index contributed by atoms with van der Waals surface area (Å²) in [6, 6.07) is 0. The van der Waals surface area contributed by atoms with Crippen LogP contribution in [0, 0.1) is 0 Å². The average molecular weight is 218 g/mol. The number of hydrazine groups is 1. The molecule has 1 aliphatic heterocycles. The van der Waals surface area contributed by atoms with Crippen LogP contribution >= 0.6 is 24.4 Å². The molecule has 4 nitrogen and oxygen atoms in total. The summed E-state index contributed by atoms with van der Waals surface area (Å²) < 4.78 is 0. The molecule has 0 bridgehead atoms. The second-order valence-electron chi connectivity index (χ2n) is 2.97. The lowest BCUT2D eigenvalue weighted by atomic mass is 10.1. The van der Waals surface area contributed by atoms with Crippen molar-refractivity contribution in [1.82, 2.24) is 15.8 Å². The van der Waals surface area contributed by atoms with Crippen LogP contribution in [-0.4, -0.2) is 28.2 Å². The van der Waals surface area contributed by atoms with E-state index in [9.17, 15) is 0 Å². The van der Waals surface area contributed by atoms with Gasteiger partial charge in [0, 0.05) is 13.1 Å². The molecule has 1 rings (SSSR count). The molecule has 13 heavy (non-hydrogen) atoms. The number of nitrogens with two attached hydrogens (primary N) is 1. The molecule has 0 aromatic carbocycles. The first-order valence-electron chi connectivity index (χ1n) is 4.30. The molecule has 1 saturated heterocycles. The van der Waals surface area contributed by atoms with Crippen molar-refractivity contribution < 1.29 is 0 Å². The smallest absolute Gasteiger partial charge is 0.187 e. The second kappa shape index (κ2) is 5.18. The van der Waals surface area contributed by atoms with Crippen LogP contribution in [0.4, 0.5) is 0 Å². The van der Waals surface area contributed by atoms with Crippen molar-refractivity contribution in [3.63, 3.8) is 0 Å². The van der Waals surface area contributed by atoms with Gasteiger partial charge in [0.05, 0.1) is 0 Å². The number of nitrogens with zero attached hydrogens (tertiary/aromatic N) is 1. The standard InChI is InChI=1S/C7H14N4S2/c8-6(12)9-10-7(13)11-4-2-1-3-5-11/h1-5H2,(H,10,13)(H3,8,9,12). The van der Waals surface area contributed by atoms with E-state index < -0.39 is 0 Å². The van der Waals surface area contributed by atoms with Crippen LogP contribution in [0.1, 0.15) is 19.3 Å². The molecule has 0 atom stereocenters. The van der Waals surface area contributed by atoms with Crippen LogP contribution in [0.2, 0.25) is 0 Å². The van der Waals surface area contributed by atoms with E-state index in [1.54, 1.807) is 0 Å². The molecule has 0 amide bonds. The predicted molar refractivity (Wildman–Crippen MR) is 61.1 cm³/mol. The van der Waals surface area contributed by atoms with Crippen molar-refractivity contribution in [1.29, 1.82) is 0 Å². The molecule has 4 N–H and O–H groups in total. The Kier molecular flexibility index (Phi) is 4.17. The number of likely N-dealkylation sites (tertiary alicyclic amines) is 1. The summed E-state index contributed by atoms with van der Waals surface area (Å²) in [5.41, 5.74) is 10.7. The van der Waals surface area contributed by atoms with Crippen molar-refractivity contribution in [2.75, 3.05) is 13.1 Å². The molecule has 1 heterocycles. The lowest BCUT2D eigenvalue weighted by Gasteiger charge is -2.29. The van der Waals surface area contributed by atoms with Gasteiger partial charge in [-0.25, -0.2) is 0 Å². The van der Waals surface area contributed by atoms with Crippen molar-refractivity contribution >= 4 is 34.7 Å². The molecule has 74 valence electrons. The van der Waals surface area contributed by atoms with Gasteiger partial charge in [-0.15, -0.1) is 0 Å². The number of nitrogens with one attached hydrogen (secondary N) is 2. The number of piperidine rings is 1. The normalized spacial score (nSPS) is 16.5. The summed E-state index contributed by atoms with van der Waals surface area (Å²) in [7, 11) is 0. The minimum atomic E-state index is 0.208. The van der Waals surface area contributed by atoms with Crippen LogP contribution in [0.3, 0.4) is 0 Å². The Morgan fingerprint density at radius 2 is 1.69 bits per heavy atom. The van der Waals surface area contributed by atoms with Crippen LogP contribution in [0.15, 0.2) is 0 Å². The third-order valence-electron chi connectivity index (χ3n) is 1.94. The van der Waals surface area contributed by atoms with Gasteiger partial charge in [-0.3, -0.25) is 10.9 Å². The molecule has 6 heteroatoms. The molecular weight excluding hydrogens is 204 g/mol. The zero-order valence-corrected chi connectivity index (χ0v) is 9.01. The molecular formula is C7H14N4S2. The molecule has 1 fully saturated rings. The fourth-order valence-electron chi connectivity index (χ4n) is 1.29. The van der Waals surface area contributed by atoms with E-state index in [1.165, 1.54) is 19.3 Å². The minimum Gasteiger partial charge on any atom is -0.375 e. The first kappa shape index (κ1) is 10.5. The molecule has 0 aliphatic carbocycles. The first-order chi connectivity index (χ1) is 6.20. The Hall–Kier alpha value is -0.620. The maximum Gasteiger partial charge on any atom is 0.187 e. The lowest BCUT2D eigenvalue weighted by Crippen LogP contribution is -2.51. The van der Waals surface area contributed by atoms with E-state index in [4.69, 9.17) is 18.0 Å². The van der Waals surface area contributed by atoms with Gasteiger partial charge < -0.3 is 10.6 Å². The van der Waals surface area contributed by atoms with Crippen LogP contribution in [-0.2, 0) is 0 Å². The van der Waals surface area contributed by atoms with Gasteiger partial charge >= 0.3 is 0 Å². The van der Waals surface area contributed by atoms with Gasteiger partial charge in [-0.1, -0.05) is 0 Å². The zero-order chi connectivity index (χ0) is 9.68. The van der Waals surface area contributed by atoms with Crippen LogP contribution in [0.5, 0.6) is 0 Å². The van der Waals surface area contributed by atoms with E-state index >= 15 is 0 Å². The monoisotopic (exact) mass is 218 g/mol. The Labute approximate surface area is 88.8 Å². The quantitative estimate of drug-likeness (QED) is 0.396. The maximum absolute atomic E-state index is 5.25. The van der Waals surface area contributed by atoms with E-state index in [0.717, 1.165) is 13.1 Å². The summed E-state index contributed by atoms with van der Waals surface area (Å²) in [5, 5.41) is 0.881. The fourth-order valence-corrected chi connectivity index (χ4v) is 1.58. The Balaban J connectivity index is 2.25. The average Bonchev–Trinajstić information content (AvgIpc) is 2.15. The molecule has 0 spiro atoms. The summed E-state index contributed by atoms with van der Waals surface area (Å²) in [5.74, 6) is 0. The van der Waals surface area contributed by atoms with Gasteiger partial charge in [0.15, 0.2) is 10.2 Å². The van der Waals surface area contributed by atoms with E-state index in [-0.39, 0.29) is 5.11 Å². The summed E-state index contributed by atoms with van der Waals surface area (Å²) in [6.45, 7) is 2.04. The highest BCUT2D eigenvalue weighted by atomic mass is 32.1.